The van der Waals surface area contributed by atoms with Gasteiger partial charge in [-0.05, 0) is 12.8 Å². The van der Waals surface area contributed by atoms with Crippen molar-refractivity contribution in [1.82, 2.24) is 0 Å². The summed E-state index contributed by atoms with van der Waals surface area (Å²) in [5.74, 6) is 5.95. The fraction of sp³-hybridized carbons (Fsp3) is 0.846. The Labute approximate surface area is 88.9 Å². The third kappa shape index (κ3) is 9.61. The van der Waals surface area contributed by atoms with Crippen molar-refractivity contribution in [3.05, 3.63) is 0 Å². The Morgan fingerprint density at radius 3 is 2.36 bits per heavy atom. The van der Waals surface area contributed by atoms with Crippen LogP contribution in [0, 0.1) is 11.8 Å². The fourth-order valence-corrected chi connectivity index (χ4v) is 1.30. The quantitative estimate of drug-likeness (QED) is 0.488. The zero-order valence-electron chi connectivity index (χ0n) is 9.68. The Balaban J connectivity index is 3.31. The third-order valence-electron chi connectivity index (χ3n) is 2.26. The molecule has 0 saturated heterocycles. The summed E-state index contributed by atoms with van der Waals surface area (Å²) in [5, 5.41) is 9.41. The number of aliphatic hydroxyl groups is 1. The van der Waals surface area contributed by atoms with Crippen LogP contribution in [0.5, 0.6) is 0 Å². The molecule has 0 aliphatic heterocycles. The van der Waals surface area contributed by atoms with Crippen LogP contribution < -0.4 is 0 Å². The molecular weight excluding hydrogens is 172 g/mol. The summed E-state index contributed by atoms with van der Waals surface area (Å²) >= 11 is 0. The van der Waals surface area contributed by atoms with E-state index in [2.05, 4.69) is 25.7 Å². The summed E-state index contributed by atoms with van der Waals surface area (Å²) in [6, 6.07) is 0. The third-order valence-corrected chi connectivity index (χ3v) is 2.26. The maximum Gasteiger partial charge on any atom is 0.114 e. The Kier molecular flexibility index (Phi) is 10.2. The molecule has 1 atom stereocenters. The Morgan fingerprint density at radius 1 is 1.00 bits per heavy atom. The van der Waals surface area contributed by atoms with Crippen molar-refractivity contribution in [1.29, 1.82) is 0 Å². The van der Waals surface area contributed by atoms with Crippen LogP contribution in [0.15, 0.2) is 0 Å². The number of hydrogen-bond acceptors (Lipinski definition) is 1. The van der Waals surface area contributed by atoms with E-state index in [1.54, 1.807) is 0 Å². The molecule has 82 valence electrons. The molecule has 0 aliphatic rings. The van der Waals surface area contributed by atoms with E-state index in [0.29, 0.717) is 0 Å². The minimum Gasteiger partial charge on any atom is -0.380 e. The molecule has 0 aromatic heterocycles. The maximum atomic E-state index is 9.41. The fourth-order valence-electron chi connectivity index (χ4n) is 1.30. The van der Waals surface area contributed by atoms with Crippen molar-refractivity contribution in [2.45, 2.75) is 71.3 Å². The van der Waals surface area contributed by atoms with Crippen molar-refractivity contribution in [3.8, 4) is 11.8 Å². The maximum absolute atomic E-state index is 9.41. The van der Waals surface area contributed by atoms with Gasteiger partial charge in [0.05, 0.1) is 0 Å². The van der Waals surface area contributed by atoms with E-state index in [4.69, 9.17) is 0 Å². The van der Waals surface area contributed by atoms with E-state index in [9.17, 15) is 5.11 Å². The van der Waals surface area contributed by atoms with Gasteiger partial charge in [0, 0.05) is 6.42 Å². The number of hydrogen-bond donors (Lipinski definition) is 1. The van der Waals surface area contributed by atoms with E-state index in [0.717, 1.165) is 25.7 Å². The minimum atomic E-state index is -0.388. The second kappa shape index (κ2) is 10.6. The van der Waals surface area contributed by atoms with E-state index in [1.807, 2.05) is 0 Å². The predicted octanol–water partition coefficient (Wildman–Crippen LogP) is 3.51. The van der Waals surface area contributed by atoms with Crippen LogP contribution in [0.2, 0.25) is 0 Å². The molecule has 0 rings (SSSR count). The first kappa shape index (κ1) is 13.5. The molecule has 0 unspecified atom stereocenters. The molecule has 1 heteroatoms. The second-order valence-corrected chi connectivity index (χ2v) is 3.79. The topological polar surface area (TPSA) is 20.2 Å². The number of unbranched alkanes of at least 4 members (excludes halogenated alkanes) is 5. The molecule has 1 N–H and O–H groups in total. The highest BCUT2D eigenvalue weighted by Gasteiger charge is 1.95. The lowest BCUT2D eigenvalue weighted by molar-refractivity contribution is 0.218. The molecule has 0 saturated carbocycles. The summed E-state index contributed by atoms with van der Waals surface area (Å²) in [7, 11) is 0. The van der Waals surface area contributed by atoms with Gasteiger partial charge in [-0.1, -0.05) is 51.9 Å². The van der Waals surface area contributed by atoms with Crippen LogP contribution >= 0.6 is 0 Å². The first-order chi connectivity index (χ1) is 6.81. The van der Waals surface area contributed by atoms with Gasteiger partial charge in [-0.25, -0.2) is 0 Å². The summed E-state index contributed by atoms with van der Waals surface area (Å²) in [5.41, 5.74) is 0. The first-order valence-corrected chi connectivity index (χ1v) is 5.97. The first-order valence-electron chi connectivity index (χ1n) is 5.97. The number of rotatable bonds is 7. The lowest BCUT2D eigenvalue weighted by Crippen LogP contribution is -2.01. The minimum absolute atomic E-state index is 0.388. The molecule has 0 radical (unpaired) electrons. The summed E-state index contributed by atoms with van der Waals surface area (Å²) in [6.45, 7) is 4.34. The van der Waals surface area contributed by atoms with Crippen LogP contribution in [0.1, 0.15) is 65.2 Å². The summed E-state index contributed by atoms with van der Waals surface area (Å²) in [6.07, 6.45) is 8.63. The highest BCUT2D eigenvalue weighted by Crippen LogP contribution is 2.02. The molecular formula is C13H24O. The van der Waals surface area contributed by atoms with Crippen molar-refractivity contribution < 1.29 is 5.11 Å². The Morgan fingerprint density at radius 2 is 1.71 bits per heavy atom. The van der Waals surface area contributed by atoms with Gasteiger partial charge >= 0.3 is 0 Å². The second-order valence-electron chi connectivity index (χ2n) is 3.79. The largest absolute Gasteiger partial charge is 0.380 e. The van der Waals surface area contributed by atoms with Crippen LogP contribution in [0.3, 0.4) is 0 Å². The van der Waals surface area contributed by atoms with Crippen LogP contribution in [0.4, 0.5) is 0 Å². The van der Waals surface area contributed by atoms with Crippen molar-refractivity contribution in [2.75, 3.05) is 0 Å². The van der Waals surface area contributed by atoms with E-state index in [1.165, 1.54) is 25.7 Å². The van der Waals surface area contributed by atoms with E-state index in [-0.39, 0.29) is 6.10 Å². The molecule has 0 bridgehead atoms. The number of aliphatic hydroxyl groups excluding tert-OH is 1. The van der Waals surface area contributed by atoms with E-state index < -0.39 is 0 Å². The van der Waals surface area contributed by atoms with Gasteiger partial charge < -0.3 is 5.11 Å². The molecule has 0 aromatic carbocycles. The molecule has 0 fully saturated rings. The van der Waals surface area contributed by atoms with Crippen LogP contribution in [0.25, 0.3) is 0 Å². The highest BCUT2D eigenvalue weighted by molar-refractivity contribution is 5.04. The van der Waals surface area contributed by atoms with Gasteiger partial charge in [-0.15, -0.1) is 5.92 Å². The van der Waals surface area contributed by atoms with Crippen LogP contribution in [-0.2, 0) is 0 Å². The lowest BCUT2D eigenvalue weighted by atomic mass is 10.1. The highest BCUT2D eigenvalue weighted by atomic mass is 16.3. The molecule has 0 spiro atoms. The van der Waals surface area contributed by atoms with Crippen molar-refractivity contribution >= 4 is 0 Å². The smallest absolute Gasteiger partial charge is 0.114 e. The average molecular weight is 196 g/mol. The molecule has 0 aromatic rings. The SMILES string of the molecule is CCCCCCC#C[C@@H](O)CCCC. The van der Waals surface area contributed by atoms with Gasteiger partial charge in [0.25, 0.3) is 0 Å². The average Bonchev–Trinajstić information content (AvgIpc) is 2.20. The van der Waals surface area contributed by atoms with Crippen molar-refractivity contribution in [3.63, 3.8) is 0 Å². The monoisotopic (exact) mass is 196 g/mol. The van der Waals surface area contributed by atoms with Gasteiger partial charge in [0.15, 0.2) is 0 Å². The molecule has 0 heterocycles. The lowest BCUT2D eigenvalue weighted by Gasteiger charge is -1.99. The molecule has 14 heavy (non-hydrogen) atoms. The van der Waals surface area contributed by atoms with Crippen molar-refractivity contribution in [2.24, 2.45) is 0 Å². The molecule has 1 nitrogen and oxygen atoms in total. The zero-order valence-corrected chi connectivity index (χ0v) is 9.68. The van der Waals surface area contributed by atoms with Gasteiger partial charge in [0.2, 0.25) is 0 Å². The van der Waals surface area contributed by atoms with Gasteiger partial charge in [-0.2, -0.15) is 0 Å². The Bertz CT molecular complexity index is 164. The molecule has 0 aliphatic carbocycles. The normalized spacial score (nSPS) is 11.9. The zero-order chi connectivity index (χ0) is 10.6. The predicted molar refractivity (Wildman–Crippen MR) is 62.1 cm³/mol. The van der Waals surface area contributed by atoms with Gasteiger partial charge in [0.1, 0.15) is 6.10 Å². The Hall–Kier alpha value is -0.480. The van der Waals surface area contributed by atoms with Crippen LogP contribution in [-0.4, -0.2) is 11.2 Å². The molecule has 0 amide bonds. The van der Waals surface area contributed by atoms with E-state index >= 15 is 0 Å². The summed E-state index contributed by atoms with van der Waals surface area (Å²) < 4.78 is 0. The van der Waals surface area contributed by atoms with Gasteiger partial charge in [-0.3, -0.25) is 0 Å². The standard InChI is InChI=1S/C13H24O/c1-3-5-7-8-9-10-12-13(14)11-6-4-2/h13-14H,3-9,11H2,1-2H3/t13-/m0/s1. The summed E-state index contributed by atoms with van der Waals surface area (Å²) in [4.78, 5) is 0.